The van der Waals surface area contributed by atoms with Gasteiger partial charge in [-0.05, 0) is 54.9 Å². The molecule has 0 aromatic heterocycles. The summed E-state index contributed by atoms with van der Waals surface area (Å²) in [7, 11) is 0. The second kappa shape index (κ2) is 10.6. The van der Waals surface area contributed by atoms with Gasteiger partial charge in [-0.1, -0.05) is 56.3 Å². The first-order valence-corrected chi connectivity index (χ1v) is 11.0. The molecule has 2 aromatic carbocycles. The smallest absolute Gasteiger partial charge is 0.249 e. The molecule has 2 amide bonds. The third kappa shape index (κ3) is 6.91. The van der Waals surface area contributed by atoms with Gasteiger partial charge in [0.15, 0.2) is 0 Å². The first-order chi connectivity index (χ1) is 14.8. The average molecular weight is 424 g/mol. The zero-order valence-corrected chi connectivity index (χ0v) is 18.3. The summed E-state index contributed by atoms with van der Waals surface area (Å²) < 4.78 is 0. The van der Waals surface area contributed by atoms with E-state index in [9.17, 15) is 14.7 Å². The summed E-state index contributed by atoms with van der Waals surface area (Å²) in [5, 5.41) is 16.3. The van der Waals surface area contributed by atoms with Crippen molar-refractivity contribution in [2.45, 2.75) is 63.6 Å². The van der Waals surface area contributed by atoms with E-state index in [0.717, 1.165) is 24.0 Å². The first-order valence-electron chi connectivity index (χ1n) is 11.0. The molecule has 0 saturated heterocycles. The number of aliphatic hydroxyl groups excluding tert-OH is 1. The molecule has 3 rings (SSSR count). The van der Waals surface area contributed by atoms with E-state index in [1.54, 1.807) is 0 Å². The molecule has 0 radical (unpaired) electrons. The lowest BCUT2D eigenvalue weighted by Crippen LogP contribution is -2.37. The predicted octanol–water partition coefficient (Wildman–Crippen LogP) is 3.16. The van der Waals surface area contributed by atoms with Crippen molar-refractivity contribution in [3.8, 4) is 0 Å². The molecule has 1 fully saturated rings. The Morgan fingerprint density at radius 3 is 2.32 bits per heavy atom. The maximum Gasteiger partial charge on any atom is 0.249 e. The highest BCUT2D eigenvalue weighted by atomic mass is 16.3. The molecule has 5 N–H and O–H groups in total. The van der Waals surface area contributed by atoms with Crippen molar-refractivity contribution >= 4 is 17.5 Å². The largest absolute Gasteiger partial charge is 0.383 e. The summed E-state index contributed by atoms with van der Waals surface area (Å²) >= 11 is 0. The summed E-state index contributed by atoms with van der Waals surface area (Å²) in [6.45, 7) is 4.06. The molecule has 2 unspecified atom stereocenters. The molecule has 0 bridgehead atoms. The summed E-state index contributed by atoms with van der Waals surface area (Å²) in [5.74, 6) is -0.404. The lowest BCUT2D eigenvalue weighted by atomic mass is 9.86. The van der Waals surface area contributed by atoms with Gasteiger partial charge in [0.05, 0.1) is 6.04 Å². The standard InChI is InChI=1S/C25H33N3O3/c1-16(2)13-22(26)24(30)28-20-10-6-9-18(14-20)21(17-7-4-3-5-8-17)15-23(29)25(31)27-19-11-12-19/h3-10,14,16,19,21-23,29H,11-13,15,26H2,1-2H3,(H,27,31)(H,28,30)/t21?,22-,23?/m0/s1. The molecule has 0 spiro atoms. The Hall–Kier alpha value is -2.70. The molecule has 166 valence electrons. The minimum Gasteiger partial charge on any atom is -0.383 e. The van der Waals surface area contributed by atoms with Crippen LogP contribution in [0.15, 0.2) is 54.6 Å². The van der Waals surface area contributed by atoms with Crippen LogP contribution in [0.25, 0.3) is 0 Å². The normalized spacial score (nSPS) is 16.4. The van der Waals surface area contributed by atoms with Crippen LogP contribution in [0.2, 0.25) is 0 Å². The quantitative estimate of drug-likeness (QED) is 0.471. The van der Waals surface area contributed by atoms with Gasteiger partial charge in [0.2, 0.25) is 11.8 Å². The number of hydrogen-bond acceptors (Lipinski definition) is 4. The van der Waals surface area contributed by atoms with E-state index in [1.165, 1.54) is 0 Å². The van der Waals surface area contributed by atoms with Gasteiger partial charge in [-0.25, -0.2) is 0 Å². The second-order valence-electron chi connectivity index (χ2n) is 8.85. The number of benzene rings is 2. The highest BCUT2D eigenvalue weighted by Crippen LogP contribution is 2.31. The number of aliphatic hydroxyl groups is 1. The van der Waals surface area contributed by atoms with Crippen molar-refractivity contribution < 1.29 is 14.7 Å². The molecule has 31 heavy (non-hydrogen) atoms. The predicted molar refractivity (Wildman–Crippen MR) is 123 cm³/mol. The van der Waals surface area contributed by atoms with Crippen LogP contribution in [0.3, 0.4) is 0 Å². The van der Waals surface area contributed by atoms with E-state index < -0.39 is 12.1 Å². The van der Waals surface area contributed by atoms with Gasteiger partial charge in [0, 0.05) is 17.6 Å². The summed E-state index contributed by atoms with van der Waals surface area (Å²) in [6, 6.07) is 16.9. The third-order valence-electron chi connectivity index (χ3n) is 5.51. The molecule has 0 aliphatic heterocycles. The van der Waals surface area contributed by atoms with E-state index in [4.69, 9.17) is 5.73 Å². The number of amides is 2. The lowest BCUT2D eigenvalue weighted by molar-refractivity contribution is -0.129. The maximum absolute atomic E-state index is 12.4. The summed E-state index contributed by atoms with van der Waals surface area (Å²) in [6.07, 6.45) is 1.71. The molecule has 3 atom stereocenters. The Morgan fingerprint density at radius 1 is 1.00 bits per heavy atom. The van der Waals surface area contributed by atoms with Crippen LogP contribution in [-0.4, -0.2) is 35.1 Å². The molecule has 1 aliphatic carbocycles. The highest BCUT2D eigenvalue weighted by molar-refractivity contribution is 5.94. The zero-order valence-electron chi connectivity index (χ0n) is 18.3. The fourth-order valence-electron chi connectivity index (χ4n) is 3.69. The van der Waals surface area contributed by atoms with Crippen molar-refractivity contribution in [2.75, 3.05) is 5.32 Å². The second-order valence-corrected chi connectivity index (χ2v) is 8.85. The lowest BCUT2D eigenvalue weighted by Gasteiger charge is -2.22. The van der Waals surface area contributed by atoms with E-state index >= 15 is 0 Å². The van der Waals surface area contributed by atoms with Gasteiger partial charge < -0.3 is 21.5 Å². The van der Waals surface area contributed by atoms with Gasteiger partial charge in [0.1, 0.15) is 6.10 Å². The number of hydrogen-bond donors (Lipinski definition) is 4. The van der Waals surface area contributed by atoms with Crippen LogP contribution in [0.5, 0.6) is 0 Å². The van der Waals surface area contributed by atoms with Gasteiger partial charge in [-0.2, -0.15) is 0 Å². The Balaban J connectivity index is 1.78. The fraction of sp³-hybridized carbons (Fsp3) is 0.440. The molecule has 2 aromatic rings. The Bertz CT molecular complexity index is 881. The highest BCUT2D eigenvalue weighted by Gasteiger charge is 2.29. The van der Waals surface area contributed by atoms with Crippen LogP contribution < -0.4 is 16.4 Å². The summed E-state index contributed by atoms with van der Waals surface area (Å²) in [5.41, 5.74) is 8.58. The van der Waals surface area contributed by atoms with Gasteiger partial charge in [0.25, 0.3) is 0 Å². The zero-order chi connectivity index (χ0) is 22.4. The molecule has 1 saturated carbocycles. The minimum atomic E-state index is -1.11. The molecular weight excluding hydrogens is 390 g/mol. The van der Waals surface area contributed by atoms with Gasteiger partial charge in [-0.3, -0.25) is 9.59 Å². The number of anilines is 1. The fourth-order valence-corrected chi connectivity index (χ4v) is 3.69. The number of carbonyl (C=O) groups excluding carboxylic acids is 2. The average Bonchev–Trinajstić information content (AvgIpc) is 3.56. The van der Waals surface area contributed by atoms with Gasteiger partial charge in [-0.15, -0.1) is 0 Å². The van der Waals surface area contributed by atoms with E-state index in [2.05, 4.69) is 10.6 Å². The number of carbonyl (C=O) groups is 2. The number of rotatable bonds is 10. The van der Waals surface area contributed by atoms with Crippen molar-refractivity contribution in [3.63, 3.8) is 0 Å². The Morgan fingerprint density at radius 2 is 1.68 bits per heavy atom. The topological polar surface area (TPSA) is 104 Å². The summed E-state index contributed by atoms with van der Waals surface area (Å²) in [4.78, 5) is 24.8. The molecule has 0 heterocycles. The molecule has 1 aliphatic rings. The van der Waals surface area contributed by atoms with Crippen LogP contribution >= 0.6 is 0 Å². The number of nitrogens with two attached hydrogens (primary N) is 1. The number of nitrogens with one attached hydrogen (secondary N) is 2. The van der Waals surface area contributed by atoms with Crippen LogP contribution in [0.1, 0.15) is 56.6 Å². The van der Waals surface area contributed by atoms with E-state index in [0.29, 0.717) is 18.0 Å². The van der Waals surface area contributed by atoms with Crippen molar-refractivity contribution in [1.82, 2.24) is 5.32 Å². The molecular formula is C25H33N3O3. The van der Waals surface area contributed by atoms with Crippen molar-refractivity contribution in [3.05, 3.63) is 65.7 Å². The van der Waals surface area contributed by atoms with Crippen molar-refractivity contribution in [1.29, 1.82) is 0 Å². The Labute approximate surface area is 184 Å². The maximum atomic E-state index is 12.4. The SMILES string of the molecule is CC(C)C[C@H](N)C(=O)Nc1cccc(C(CC(O)C(=O)NC2CC2)c2ccccc2)c1. The molecule has 6 heteroatoms. The first kappa shape index (κ1) is 23.0. The van der Waals surface area contributed by atoms with Crippen molar-refractivity contribution in [2.24, 2.45) is 11.7 Å². The monoisotopic (exact) mass is 423 g/mol. The third-order valence-corrected chi connectivity index (χ3v) is 5.51. The Kier molecular flexibility index (Phi) is 7.82. The van der Waals surface area contributed by atoms with E-state index in [1.807, 2.05) is 68.4 Å². The van der Waals surface area contributed by atoms with Crippen LogP contribution in [0.4, 0.5) is 5.69 Å². The van der Waals surface area contributed by atoms with Crippen LogP contribution in [0, 0.1) is 5.92 Å². The van der Waals surface area contributed by atoms with Crippen LogP contribution in [-0.2, 0) is 9.59 Å². The van der Waals surface area contributed by atoms with Gasteiger partial charge >= 0.3 is 0 Å². The molecule has 6 nitrogen and oxygen atoms in total. The van der Waals surface area contributed by atoms with E-state index in [-0.39, 0.29) is 30.2 Å². The minimum absolute atomic E-state index is 0.192.